The maximum Gasteiger partial charge on any atom is 0.157 e. The number of para-hydroxylation sites is 2. The molecule has 0 spiro atoms. The van der Waals surface area contributed by atoms with Crippen molar-refractivity contribution in [2.45, 2.75) is 6.54 Å². The maximum absolute atomic E-state index is 6.97. The number of hydrogen-bond acceptors (Lipinski definition) is 3. The van der Waals surface area contributed by atoms with Gasteiger partial charge in [-0.25, -0.2) is 4.99 Å². The van der Waals surface area contributed by atoms with Gasteiger partial charge in [-0.15, -0.1) is 0 Å². The zero-order chi connectivity index (χ0) is 32.0. The Bertz CT molecular complexity index is 2720. The van der Waals surface area contributed by atoms with Gasteiger partial charge in [-0.05, 0) is 70.4 Å². The van der Waals surface area contributed by atoms with Crippen molar-refractivity contribution in [3.63, 3.8) is 0 Å². The number of nitrogens with zero attached hydrogens (tertiary/aromatic N) is 2. The van der Waals surface area contributed by atoms with E-state index >= 15 is 0 Å². The van der Waals surface area contributed by atoms with Gasteiger partial charge in [0.25, 0.3) is 0 Å². The minimum Gasteiger partial charge on any atom is -0.456 e. The maximum atomic E-state index is 6.97. The Morgan fingerprint density at radius 2 is 1.27 bits per heavy atom. The number of nitrogens with two attached hydrogens (primary N) is 1. The van der Waals surface area contributed by atoms with Crippen molar-refractivity contribution in [3.05, 3.63) is 168 Å². The first-order valence-corrected chi connectivity index (χ1v) is 16.0. The molecule has 0 bridgehead atoms. The van der Waals surface area contributed by atoms with Crippen LogP contribution in [0.5, 0.6) is 0 Å². The number of aliphatic imine (C=N–C) groups is 2. The van der Waals surface area contributed by atoms with Gasteiger partial charge in [0.1, 0.15) is 28.2 Å². The van der Waals surface area contributed by atoms with E-state index in [1.165, 1.54) is 10.8 Å². The summed E-state index contributed by atoms with van der Waals surface area (Å²) in [7, 11) is 0. The van der Waals surface area contributed by atoms with Gasteiger partial charge in [-0.2, -0.15) is 0 Å². The van der Waals surface area contributed by atoms with Gasteiger partial charge in [0.2, 0.25) is 0 Å². The van der Waals surface area contributed by atoms with E-state index in [0.717, 1.165) is 71.7 Å². The van der Waals surface area contributed by atoms with Gasteiger partial charge in [-0.3, -0.25) is 4.99 Å². The van der Waals surface area contributed by atoms with Crippen LogP contribution in [-0.2, 0) is 6.54 Å². The molecule has 0 aliphatic heterocycles. The molecular formula is C43H29N3O2. The molecule has 9 aromatic rings. The SMILES string of the molecule is N/C(=N\C(=N/Cc1ccc2ccccc2c1)c1ccc2oc3ccccc3c2c1)c1ccc(-c2ccccc2)c2oc3ccccc3c12. The van der Waals surface area contributed by atoms with Gasteiger partial charge in [-0.1, -0.05) is 103 Å². The van der Waals surface area contributed by atoms with Gasteiger partial charge in [0.05, 0.1) is 6.54 Å². The number of furan rings is 2. The Kier molecular flexibility index (Phi) is 6.61. The second-order valence-electron chi connectivity index (χ2n) is 12.0. The molecule has 2 N–H and O–H groups in total. The fourth-order valence-electron chi connectivity index (χ4n) is 6.62. The lowest BCUT2D eigenvalue weighted by Crippen LogP contribution is -2.17. The summed E-state index contributed by atoms with van der Waals surface area (Å²) >= 11 is 0. The van der Waals surface area contributed by atoms with E-state index in [2.05, 4.69) is 78.9 Å². The van der Waals surface area contributed by atoms with Crippen LogP contribution in [0.15, 0.2) is 170 Å². The molecule has 0 aliphatic rings. The lowest BCUT2D eigenvalue weighted by Gasteiger charge is -2.10. The highest BCUT2D eigenvalue weighted by molar-refractivity contribution is 6.23. The number of amidine groups is 2. The van der Waals surface area contributed by atoms with E-state index in [-0.39, 0.29) is 0 Å². The first kappa shape index (κ1) is 27.8. The fourth-order valence-corrected chi connectivity index (χ4v) is 6.62. The molecule has 0 fully saturated rings. The molecule has 9 rings (SSSR count). The third kappa shape index (κ3) is 4.81. The first-order chi connectivity index (χ1) is 23.7. The Balaban J connectivity index is 1.22. The van der Waals surface area contributed by atoms with Crippen molar-refractivity contribution >= 4 is 66.3 Å². The Morgan fingerprint density at radius 3 is 2.12 bits per heavy atom. The second kappa shape index (κ2) is 11.4. The van der Waals surface area contributed by atoms with Gasteiger partial charge >= 0.3 is 0 Å². The lowest BCUT2D eigenvalue weighted by atomic mass is 9.98. The molecule has 0 unspecified atom stereocenters. The summed E-state index contributed by atoms with van der Waals surface area (Å²) in [6, 6.07) is 51.4. The standard InChI is InChI=1S/C43H29N3O2/c44-42(35-22-21-32(29-11-2-1-3-12-29)41-40(35)34-15-7-9-17-38(34)48-41)46-43(45-26-27-18-19-28-10-4-5-13-30(28)24-27)31-20-23-39-36(25-31)33-14-6-8-16-37(33)47-39/h1-25H,26H2,(H2,44,45,46). The number of hydrogen-bond donors (Lipinski definition) is 1. The molecule has 228 valence electrons. The molecule has 0 saturated heterocycles. The van der Waals surface area contributed by atoms with Crippen molar-refractivity contribution in [1.29, 1.82) is 0 Å². The fraction of sp³-hybridized carbons (Fsp3) is 0.0233. The number of rotatable bonds is 5. The molecule has 2 aromatic heterocycles. The summed E-state index contributed by atoms with van der Waals surface area (Å²) in [6.45, 7) is 0.443. The molecule has 5 nitrogen and oxygen atoms in total. The summed E-state index contributed by atoms with van der Waals surface area (Å²) < 4.78 is 12.6. The largest absolute Gasteiger partial charge is 0.456 e. The Hall–Kier alpha value is -6.46. The van der Waals surface area contributed by atoms with E-state index < -0.39 is 0 Å². The molecule has 0 aliphatic carbocycles. The van der Waals surface area contributed by atoms with Crippen molar-refractivity contribution in [2.24, 2.45) is 15.7 Å². The average Bonchev–Trinajstić information content (AvgIpc) is 3.72. The summed E-state index contributed by atoms with van der Waals surface area (Å²) in [5.74, 6) is 0.904. The third-order valence-electron chi connectivity index (χ3n) is 8.97. The molecule has 0 radical (unpaired) electrons. The average molecular weight is 620 g/mol. The molecule has 5 heteroatoms. The quantitative estimate of drug-likeness (QED) is 0.154. The first-order valence-electron chi connectivity index (χ1n) is 16.0. The smallest absolute Gasteiger partial charge is 0.157 e. The van der Waals surface area contributed by atoms with Gasteiger partial charge in [0.15, 0.2) is 5.84 Å². The van der Waals surface area contributed by atoms with Gasteiger partial charge in [0, 0.05) is 38.2 Å². The third-order valence-corrected chi connectivity index (χ3v) is 8.97. The minimum atomic E-state index is 0.362. The summed E-state index contributed by atoms with van der Waals surface area (Å²) in [5.41, 5.74) is 15.0. The van der Waals surface area contributed by atoms with Crippen LogP contribution in [0.4, 0.5) is 0 Å². The number of benzene rings is 7. The Labute approximate surface area is 276 Å². The highest BCUT2D eigenvalue weighted by atomic mass is 16.3. The molecule has 2 heterocycles. The van der Waals surface area contributed by atoms with Crippen molar-refractivity contribution < 1.29 is 8.83 Å². The van der Waals surface area contributed by atoms with Crippen LogP contribution < -0.4 is 5.73 Å². The van der Waals surface area contributed by atoms with Crippen LogP contribution in [0.25, 0.3) is 65.8 Å². The van der Waals surface area contributed by atoms with Crippen molar-refractivity contribution in [2.75, 3.05) is 0 Å². The van der Waals surface area contributed by atoms with Crippen LogP contribution in [0, 0.1) is 0 Å². The molecule has 48 heavy (non-hydrogen) atoms. The van der Waals surface area contributed by atoms with Gasteiger partial charge < -0.3 is 14.6 Å². The summed E-state index contributed by atoms with van der Waals surface area (Å²) in [5, 5.41) is 6.33. The van der Waals surface area contributed by atoms with Crippen LogP contribution in [-0.4, -0.2) is 11.7 Å². The van der Waals surface area contributed by atoms with E-state index in [9.17, 15) is 0 Å². The van der Waals surface area contributed by atoms with Crippen LogP contribution in [0.1, 0.15) is 16.7 Å². The summed E-state index contributed by atoms with van der Waals surface area (Å²) in [4.78, 5) is 10.2. The highest BCUT2D eigenvalue weighted by Crippen LogP contribution is 2.38. The number of fused-ring (bicyclic) bond motifs is 7. The van der Waals surface area contributed by atoms with E-state index in [1.54, 1.807) is 0 Å². The monoisotopic (exact) mass is 619 g/mol. The zero-order valence-electron chi connectivity index (χ0n) is 25.9. The Morgan fingerprint density at radius 1 is 0.562 bits per heavy atom. The molecule has 7 aromatic carbocycles. The lowest BCUT2D eigenvalue weighted by molar-refractivity contribution is 0.669. The van der Waals surface area contributed by atoms with Crippen LogP contribution in [0.2, 0.25) is 0 Å². The zero-order valence-corrected chi connectivity index (χ0v) is 25.9. The predicted molar refractivity (Wildman–Crippen MR) is 198 cm³/mol. The topological polar surface area (TPSA) is 77.0 Å². The predicted octanol–water partition coefficient (Wildman–Crippen LogP) is 10.7. The molecule has 0 atom stereocenters. The van der Waals surface area contributed by atoms with E-state index in [1.807, 2.05) is 72.8 Å². The minimum absolute atomic E-state index is 0.362. The van der Waals surface area contributed by atoms with E-state index in [4.69, 9.17) is 24.6 Å². The molecule has 0 saturated carbocycles. The van der Waals surface area contributed by atoms with Crippen LogP contribution in [0.3, 0.4) is 0 Å². The highest BCUT2D eigenvalue weighted by Gasteiger charge is 2.19. The molecule has 0 amide bonds. The van der Waals surface area contributed by atoms with Crippen LogP contribution >= 0.6 is 0 Å². The normalized spacial score (nSPS) is 12.6. The second-order valence-corrected chi connectivity index (χ2v) is 12.0. The molecular weight excluding hydrogens is 590 g/mol. The van der Waals surface area contributed by atoms with Crippen molar-refractivity contribution in [1.82, 2.24) is 0 Å². The van der Waals surface area contributed by atoms with E-state index in [0.29, 0.717) is 18.2 Å². The van der Waals surface area contributed by atoms with Crippen molar-refractivity contribution in [3.8, 4) is 11.1 Å². The summed E-state index contributed by atoms with van der Waals surface area (Å²) in [6.07, 6.45) is 0.